The molecule has 0 unspecified atom stereocenters. The van der Waals surface area contributed by atoms with Gasteiger partial charge in [-0.2, -0.15) is 0 Å². The van der Waals surface area contributed by atoms with Gasteiger partial charge in [0.15, 0.2) is 0 Å². The number of hydrogen-bond acceptors (Lipinski definition) is 4. The normalized spacial score (nSPS) is 15.9. The van der Waals surface area contributed by atoms with Crippen molar-refractivity contribution in [2.75, 3.05) is 13.1 Å². The zero-order valence-electron chi connectivity index (χ0n) is 16.9. The lowest BCUT2D eigenvalue weighted by Gasteiger charge is -2.17. The fourth-order valence-electron chi connectivity index (χ4n) is 3.79. The van der Waals surface area contributed by atoms with Gasteiger partial charge >= 0.3 is 5.69 Å². The van der Waals surface area contributed by atoms with E-state index in [-0.39, 0.29) is 24.4 Å². The Hall–Kier alpha value is -3.75. The second kappa shape index (κ2) is 8.17. The number of halogens is 1. The second-order valence-electron chi connectivity index (χ2n) is 7.46. The van der Waals surface area contributed by atoms with Crippen LogP contribution in [0.5, 0.6) is 0 Å². The number of hydrogen-bond donors (Lipinski definition) is 2. The highest BCUT2D eigenvalue weighted by molar-refractivity contribution is 5.98. The number of nitrogens with one attached hydrogen (secondary N) is 2. The number of H-pyrrole nitrogens is 1. The van der Waals surface area contributed by atoms with Crippen molar-refractivity contribution in [3.8, 4) is 0 Å². The lowest BCUT2D eigenvalue weighted by atomic mass is 10.1. The van der Waals surface area contributed by atoms with Crippen LogP contribution in [0.25, 0.3) is 10.9 Å². The average Bonchev–Trinajstić information content (AvgIpc) is 3.22. The van der Waals surface area contributed by atoms with E-state index in [0.717, 1.165) is 4.57 Å². The van der Waals surface area contributed by atoms with Crippen molar-refractivity contribution < 1.29 is 14.0 Å². The third kappa shape index (κ3) is 3.98. The predicted octanol–water partition coefficient (Wildman–Crippen LogP) is 1.49. The van der Waals surface area contributed by atoms with E-state index >= 15 is 0 Å². The van der Waals surface area contributed by atoms with Crippen LogP contribution in [0, 0.1) is 5.82 Å². The fraction of sp³-hybridized carbons (Fsp3) is 0.273. The molecule has 0 radical (unpaired) electrons. The molecule has 0 saturated carbocycles. The Bertz CT molecular complexity index is 1280. The van der Waals surface area contributed by atoms with Crippen molar-refractivity contribution in [2.45, 2.75) is 25.9 Å². The summed E-state index contributed by atoms with van der Waals surface area (Å²) in [6.07, 6.45) is 0.588. The van der Waals surface area contributed by atoms with E-state index in [0.29, 0.717) is 41.5 Å². The van der Waals surface area contributed by atoms with Crippen molar-refractivity contribution >= 4 is 22.7 Å². The zero-order valence-corrected chi connectivity index (χ0v) is 16.9. The highest BCUT2D eigenvalue weighted by Gasteiger charge is 2.28. The number of amides is 2. The third-order valence-electron chi connectivity index (χ3n) is 5.46. The Kier molecular flexibility index (Phi) is 5.41. The Morgan fingerprint density at radius 1 is 1.13 bits per heavy atom. The van der Waals surface area contributed by atoms with Crippen LogP contribution in [0.2, 0.25) is 0 Å². The molecular weight excluding hydrogens is 403 g/mol. The molecule has 31 heavy (non-hydrogen) atoms. The van der Waals surface area contributed by atoms with E-state index in [1.807, 2.05) is 0 Å². The lowest BCUT2D eigenvalue weighted by molar-refractivity contribution is 0.0783. The summed E-state index contributed by atoms with van der Waals surface area (Å²) < 4.78 is 14.2. The standard InChI is InChI=1S/C22H21FN4O4/c1-2-27-21(30)17-8-5-14(11-18(17)25-22(27)31)19(28)24-16-9-10-26(12-16)20(29)13-3-6-15(23)7-4-13/h3-8,11,16H,2,9-10,12H2,1H3,(H,24,28)(H,25,31)/t16-/m1/s1. The van der Waals surface area contributed by atoms with Gasteiger partial charge in [0.2, 0.25) is 0 Å². The van der Waals surface area contributed by atoms with Gasteiger partial charge in [-0.25, -0.2) is 9.18 Å². The van der Waals surface area contributed by atoms with Gasteiger partial charge in [-0.15, -0.1) is 0 Å². The maximum absolute atomic E-state index is 13.1. The summed E-state index contributed by atoms with van der Waals surface area (Å²) in [6.45, 7) is 2.77. The summed E-state index contributed by atoms with van der Waals surface area (Å²) in [6, 6.07) is 9.65. The molecule has 2 amide bonds. The molecule has 1 saturated heterocycles. The Labute approximate surface area is 176 Å². The smallest absolute Gasteiger partial charge is 0.328 e. The van der Waals surface area contributed by atoms with Gasteiger partial charge in [0, 0.05) is 36.8 Å². The maximum atomic E-state index is 13.1. The van der Waals surface area contributed by atoms with Crippen LogP contribution < -0.4 is 16.6 Å². The molecule has 0 spiro atoms. The first-order chi connectivity index (χ1) is 14.9. The molecule has 0 bridgehead atoms. The van der Waals surface area contributed by atoms with Crippen LogP contribution in [0.15, 0.2) is 52.1 Å². The van der Waals surface area contributed by atoms with E-state index in [1.165, 1.54) is 42.5 Å². The fourth-order valence-corrected chi connectivity index (χ4v) is 3.79. The van der Waals surface area contributed by atoms with Crippen LogP contribution in [0.1, 0.15) is 34.1 Å². The van der Waals surface area contributed by atoms with Crippen molar-refractivity contribution in [3.63, 3.8) is 0 Å². The number of aromatic nitrogens is 2. The van der Waals surface area contributed by atoms with Gasteiger partial charge in [-0.1, -0.05) is 0 Å². The number of nitrogens with zero attached hydrogens (tertiary/aromatic N) is 2. The van der Waals surface area contributed by atoms with Gasteiger partial charge in [-0.05, 0) is 55.8 Å². The molecule has 1 atom stereocenters. The summed E-state index contributed by atoms with van der Waals surface area (Å²) in [5.41, 5.74) is 0.0684. The first-order valence-electron chi connectivity index (χ1n) is 10.00. The molecule has 1 aromatic heterocycles. The Morgan fingerprint density at radius 2 is 1.84 bits per heavy atom. The van der Waals surface area contributed by atoms with Crippen LogP contribution in [0.3, 0.4) is 0 Å². The molecule has 2 N–H and O–H groups in total. The number of carbonyl (C=O) groups excluding carboxylic acids is 2. The molecule has 2 heterocycles. The van der Waals surface area contributed by atoms with Crippen LogP contribution in [-0.2, 0) is 6.54 Å². The zero-order chi connectivity index (χ0) is 22.1. The monoisotopic (exact) mass is 424 g/mol. The molecule has 1 fully saturated rings. The summed E-state index contributed by atoms with van der Waals surface area (Å²) in [7, 11) is 0. The predicted molar refractivity (Wildman–Crippen MR) is 113 cm³/mol. The molecule has 4 rings (SSSR count). The Balaban J connectivity index is 1.47. The van der Waals surface area contributed by atoms with Gasteiger partial charge in [0.1, 0.15) is 5.82 Å². The molecule has 0 aliphatic carbocycles. The number of carbonyl (C=O) groups is 2. The first-order valence-corrected chi connectivity index (χ1v) is 10.00. The molecule has 2 aromatic carbocycles. The quantitative estimate of drug-likeness (QED) is 0.662. The van der Waals surface area contributed by atoms with Crippen LogP contribution in [0.4, 0.5) is 4.39 Å². The van der Waals surface area contributed by atoms with Gasteiger partial charge in [0.05, 0.1) is 10.9 Å². The minimum absolute atomic E-state index is 0.216. The topological polar surface area (TPSA) is 104 Å². The first kappa shape index (κ1) is 20.5. The van der Waals surface area contributed by atoms with Gasteiger partial charge in [0.25, 0.3) is 17.4 Å². The second-order valence-corrected chi connectivity index (χ2v) is 7.46. The average molecular weight is 424 g/mol. The van der Waals surface area contributed by atoms with Crippen molar-refractivity contribution in [1.29, 1.82) is 0 Å². The van der Waals surface area contributed by atoms with E-state index in [2.05, 4.69) is 10.3 Å². The van der Waals surface area contributed by atoms with E-state index in [1.54, 1.807) is 11.8 Å². The minimum atomic E-state index is -0.525. The Morgan fingerprint density at radius 3 is 2.55 bits per heavy atom. The number of aromatic amines is 1. The molecule has 160 valence electrons. The highest BCUT2D eigenvalue weighted by Crippen LogP contribution is 2.16. The molecule has 8 nitrogen and oxygen atoms in total. The number of likely N-dealkylation sites (tertiary alicyclic amines) is 1. The van der Waals surface area contributed by atoms with Crippen molar-refractivity contribution in [1.82, 2.24) is 19.8 Å². The number of fused-ring (bicyclic) bond motifs is 1. The minimum Gasteiger partial charge on any atom is -0.347 e. The third-order valence-corrected chi connectivity index (χ3v) is 5.46. The summed E-state index contributed by atoms with van der Waals surface area (Å²) in [5, 5.41) is 3.22. The number of rotatable bonds is 4. The summed E-state index contributed by atoms with van der Waals surface area (Å²) >= 11 is 0. The molecule has 1 aliphatic heterocycles. The van der Waals surface area contributed by atoms with Gasteiger partial charge in [-0.3, -0.25) is 19.0 Å². The van der Waals surface area contributed by atoms with E-state index in [9.17, 15) is 23.6 Å². The molecular formula is C22H21FN4O4. The highest BCUT2D eigenvalue weighted by atomic mass is 19.1. The maximum Gasteiger partial charge on any atom is 0.328 e. The van der Waals surface area contributed by atoms with Crippen LogP contribution >= 0.6 is 0 Å². The summed E-state index contributed by atoms with van der Waals surface area (Å²) in [5.74, 6) is -0.982. The van der Waals surface area contributed by atoms with Gasteiger partial charge < -0.3 is 15.2 Å². The van der Waals surface area contributed by atoms with Crippen LogP contribution in [-0.4, -0.2) is 45.4 Å². The van der Waals surface area contributed by atoms with Crippen molar-refractivity contribution in [3.05, 3.63) is 80.2 Å². The summed E-state index contributed by atoms with van der Waals surface area (Å²) in [4.78, 5) is 53.9. The van der Waals surface area contributed by atoms with E-state index < -0.39 is 17.1 Å². The number of benzene rings is 2. The molecule has 1 aliphatic rings. The SMILES string of the molecule is CCn1c(=O)[nH]c2cc(C(=O)N[C@@H]3CCN(C(=O)c4ccc(F)cc4)C3)ccc2c1=O. The largest absolute Gasteiger partial charge is 0.347 e. The molecule has 3 aromatic rings. The van der Waals surface area contributed by atoms with Crippen molar-refractivity contribution in [2.24, 2.45) is 0 Å². The molecule has 9 heteroatoms. The lowest BCUT2D eigenvalue weighted by Crippen LogP contribution is -2.38. The van der Waals surface area contributed by atoms with E-state index in [4.69, 9.17) is 0 Å².